The van der Waals surface area contributed by atoms with Crippen molar-refractivity contribution in [2.45, 2.75) is 32.5 Å². The van der Waals surface area contributed by atoms with Gasteiger partial charge in [-0.1, -0.05) is 53.2 Å². The summed E-state index contributed by atoms with van der Waals surface area (Å²) in [6.45, 7) is 6.79. The van der Waals surface area contributed by atoms with Crippen LogP contribution in [0.5, 0.6) is 0 Å². The Morgan fingerprint density at radius 3 is 2.63 bits per heavy atom. The van der Waals surface area contributed by atoms with E-state index >= 15 is 0 Å². The molecule has 0 bridgehead atoms. The number of anilines is 1. The molecule has 0 saturated carbocycles. The van der Waals surface area contributed by atoms with Gasteiger partial charge in [0.25, 0.3) is 5.69 Å². The number of aromatic nitrogens is 3. The number of hydrogen-bond donors (Lipinski definition) is 1. The number of nitro benzene ring substituents is 1. The van der Waals surface area contributed by atoms with Gasteiger partial charge in [0, 0.05) is 40.1 Å². The van der Waals surface area contributed by atoms with Gasteiger partial charge in [-0.2, -0.15) is 0 Å². The standard InChI is InChI=1S/C24H22ClN5O3S2/c1-4-29-23(18-12-34-15(3)22(18)16-7-5-14(2)6-8-16)27-28-24(29)35-13-21(31)26-20-11-17(30(32)33)9-10-19(20)25/h5-12H,4,13H2,1-3H3,(H,26,31). The minimum Gasteiger partial charge on any atom is -0.324 e. The molecule has 2 aromatic carbocycles. The molecule has 0 radical (unpaired) electrons. The van der Waals surface area contributed by atoms with Crippen LogP contribution in [0, 0.1) is 24.0 Å². The van der Waals surface area contributed by atoms with Crippen LogP contribution < -0.4 is 5.32 Å². The quantitative estimate of drug-likeness (QED) is 0.157. The van der Waals surface area contributed by atoms with Crippen molar-refractivity contribution >= 4 is 52.0 Å². The maximum absolute atomic E-state index is 12.5. The Bertz CT molecular complexity index is 1400. The Labute approximate surface area is 215 Å². The molecule has 4 aromatic rings. The number of carbonyl (C=O) groups is 1. The molecule has 0 unspecified atom stereocenters. The first-order chi connectivity index (χ1) is 16.8. The van der Waals surface area contributed by atoms with Crippen molar-refractivity contribution in [2.75, 3.05) is 11.1 Å². The van der Waals surface area contributed by atoms with E-state index in [0.29, 0.717) is 11.7 Å². The highest BCUT2D eigenvalue weighted by molar-refractivity contribution is 7.99. The van der Waals surface area contributed by atoms with Gasteiger partial charge in [0.2, 0.25) is 5.91 Å². The highest BCUT2D eigenvalue weighted by atomic mass is 35.5. The van der Waals surface area contributed by atoms with Crippen LogP contribution in [0.1, 0.15) is 17.4 Å². The molecular weight excluding hydrogens is 506 g/mol. The third-order valence-corrected chi connectivity index (χ3v) is 7.56. The van der Waals surface area contributed by atoms with Crippen molar-refractivity contribution in [3.05, 3.63) is 73.4 Å². The molecule has 1 amide bonds. The summed E-state index contributed by atoms with van der Waals surface area (Å²) < 4.78 is 1.98. The second-order valence-electron chi connectivity index (χ2n) is 7.76. The zero-order valence-electron chi connectivity index (χ0n) is 19.2. The van der Waals surface area contributed by atoms with E-state index in [1.54, 1.807) is 11.3 Å². The zero-order chi connectivity index (χ0) is 25.1. The van der Waals surface area contributed by atoms with Gasteiger partial charge < -0.3 is 9.88 Å². The third kappa shape index (κ3) is 5.39. The number of non-ortho nitro benzene ring substituents is 1. The molecular formula is C24H22ClN5O3S2. The molecule has 2 aromatic heterocycles. The predicted octanol–water partition coefficient (Wildman–Crippen LogP) is 6.60. The molecule has 0 aliphatic rings. The predicted molar refractivity (Wildman–Crippen MR) is 141 cm³/mol. The first kappa shape index (κ1) is 24.9. The van der Waals surface area contributed by atoms with Crippen molar-refractivity contribution in [1.29, 1.82) is 0 Å². The molecule has 180 valence electrons. The Hall–Kier alpha value is -3.21. The van der Waals surface area contributed by atoms with Gasteiger partial charge in [-0.05, 0) is 32.4 Å². The highest BCUT2D eigenvalue weighted by Crippen LogP contribution is 2.39. The van der Waals surface area contributed by atoms with E-state index in [2.05, 4.69) is 59.0 Å². The van der Waals surface area contributed by atoms with Crippen molar-refractivity contribution in [3.8, 4) is 22.5 Å². The van der Waals surface area contributed by atoms with Gasteiger partial charge in [-0.3, -0.25) is 14.9 Å². The van der Waals surface area contributed by atoms with Crippen LogP contribution in [-0.4, -0.2) is 31.3 Å². The Balaban J connectivity index is 1.54. The maximum Gasteiger partial charge on any atom is 0.271 e. The minimum atomic E-state index is -0.539. The molecule has 2 heterocycles. The first-order valence-electron chi connectivity index (χ1n) is 10.7. The number of nitrogens with one attached hydrogen (secondary N) is 1. The average Bonchev–Trinajstić information content (AvgIpc) is 3.42. The second kappa shape index (κ2) is 10.6. The number of nitro groups is 1. The lowest BCUT2D eigenvalue weighted by atomic mass is 10.0. The summed E-state index contributed by atoms with van der Waals surface area (Å²) in [5.74, 6) is 0.443. The summed E-state index contributed by atoms with van der Waals surface area (Å²) in [7, 11) is 0. The Morgan fingerprint density at radius 2 is 1.94 bits per heavy atom. The lowest BCUT2D eigenvalue weighted by Gasteiger charge is -2.10. The largest absolute Gasteiger partial charge is 0.324 e. The third-order valence-electron chi connectivity index (χ3n) is 5.36. The number of carbonyl (C=O) groups excluding carboxylic acids is 1. The van der Waals surface area contributed by atoms with Gasteiger partial charge in [0.15, 0.2) is 11.0 Å². The van der Waals surface area contributed by atoms with Crippen LogP contribution in [0.15, 0.2) is 53.0 Å². The molecule has 11 heteroatoms. The molecule has 0 atom stereocenters. The lowest BCUT2D eigenvalue weighted by Crippen LogP contribution is -2.15. The number of halogens is 1. The van der Waals surface area contributed by atoms with Crippen molar-refractivity contribution in [1.82, 2.24) is 14.8 Å². The van der Waals surface area contributed by atoms with Gasteiger partial charge in [-0.25, -0.2) is 0 Å². The summed E-state index contributed by atoms with van der Waals surface area (Å²) in [5.41, 5.74) is 4.50. The number of aryl methyl sites for hydroxylation is 2. The zero-order valence-corrected chi connectivity index (χ0v) is 21.6. The van der Waals surface area contributed by atoms with Crippen LogP contribution in [0.4, 0.5) is 11.4 Å². The van der Waals surface area contributed by atoms with Crippen LogP contribution in [-0.2, 0) is 11.3 Å². The topological polar surface area (TPSA) is 103 Å². The second-order valence-corrected chi connectivity index (χ2v) is 10.2. The number of benzene rings is 2. The van der Waals surface area contributed by atoms with E-state index in [4.69, 9.17) is 11.6 Å². The molecule has 0 saturated heterocycles. The highest BCUT2D eigenvalue weighted by Gasteiger charge is 2.21. The number of amides is 1. The fourth-order valence-electron chi connectivity index (χ4n) is 3.62. The summed E-state index contributed by atoms with van der Waals surface area (Å²) in [6.07, 6.45) is 0. The molecule has 4 rings (SSSR count). The van der Waals surface area contributed by atoms with E-state index in [1.807, 2.05) is 11.5 Å². The Morgan fingerprint density at radius 1 is 1.20 bits per heavy atom. The van der Waals surface area contributed by atoms with Crippen LogP contribution in [0.3, 0.4) is 0 Å². The molecule has 0 fully saturated rings. The van der Waals surface area contributed by atoms with Gasteiger partial charge in [0.05, 0.1) is 21.4 Å². The van der Waals surface area contributed by atoms with Gasteiger partial charge in [-0.15, -0.1) is 21.5 Å². The van der Waals surface area contributed by atoms with Crippen LogP contribution in [0.2, 0.25) is 5.02 Å². The molecule has 1 N–H and O–H groups in total. The summed E-state index contributed by atoms with van der Waals surface area (Å²) in [4.78, 5) is 24.2. The maximum atomic E-state index is 12.5. The Kier molecular flexibility index (Phi) is 7.54. The number of hydrogen-bond acceptors (Lipinski definition) is 7. The van der Waals surface area contributed by atoms with E-state index in [9.17, 15) is 14.9 Å². The SMILES string of the molecule is CCn1c(SCC(=O)Nc2cc([N+](=O)[O-])ccc2Cl)nnc1-c1csc(C)c1-c1ccc(C)cc1. The first-order valence-corrected chi connectivity index (χ1v) is 13.0. The molecule has 8 nitrogen and oxygen atoms in total. The summed E-state index contributed by atoms with van der Waals surface area (Å²) in [5, 5.41) is 25.4. The minimum absolute atomic E-state index is 0.0463. The van der Waals surface area contributed by atoms with Crippen molar-refractivity contribution < 1.29 is 9.72 Å². The van der Waals surface area contributed by atoms with Gasteiger partial charge in [0.1, 0.15) is 0 Å². The van der Waals surface area contributed by atoms with Gasteiger partial charge >= 0.3 is 0 Å². The number of thiophene rings is 1. The van der Waals surface area contributed by atoms with E-state index in [0.717, 1.165) is 22.5 Å². The summed E-state index contributed by atoms with van der Waals surface area (Å²) >= 11 is 9.00. The fourth-order valence-corrected chi connectivity index (χ4v) is 5.45. The molecule has 35 heavy (non-hydrogen) atoms. The average molecular weight is 528 g/mol. The van der Waals surface area contributed by atoms with Crippen LogP contribution in [0.25, 0.3) is 22.5 Å². The fraction of sp³-hybridized carbons (Fsp3) is 0.208. The van der Waals surface area contributed by atoms with Crippen LogP contribution >= 0.6 is 34.7 Å². The number of rotatable bonds is 8. The van der Waals surface area contributed by atoms with E-state index < -0.39 is 4.92 Å². The number of nitrogens with zero attached hydrogens (tertiary/aromatic N) is 4. The summed E-state index contributed by atoms with van der Waals surface area (Å²) in [6, 6.07) is 12.3. The van der Waals surface area contributed by atoms with E-state index in [1.165, 1.54) is 40.4 Å². The van der Waals surface area contributed by atoms with Crippen molar-refractivity contribution in [3.63, 3.8) is 0 Å². The molecule has 0 aliphatic heterocycles. The number of thioether (sulfide) groups is 1. The molecule has 0 aliphatic carbocycles. The molecule has 0 spiro atoms. The van der Waals surface area contributed by atoms with Crippen molar-refractivity contribution in [2.24, 2.45) is 0 Å². The van der Waals surface area contributed by atoms with E-state index in [-0.39, 0.29) is 28.1 Å². The lowest BCUT2D eigenvalue weighted by molar-refractivity contribution is -0.384. The monoisotopic (exact) mass is 527 g/mol. The smallest absolute Gasteiger partial charge is 0.271 e. The normalized spacial score (nSPS) is 11.0.